The van der Waals surface area contributed by atoms with Crippen LogP contribution >= 0.6 is 0 Å². The molecule has 4 unspecified atom stereocenters. The number of hydrogen-bond donors (Lipinski definition) is 0. The molecular weight excluding hydrogens is 293 g/mol. The zero-order valence-electron chi connectivity index (χ0n) is 14.1. The number of halogens is 3. The summed E-state index contributed by atoms with van der Waals surface area (Å²) in [5, 5.41) is 0. The number of ether oxygens (including phenoxy) is 1. The van der Waals surface area contributed by atoms with E-state index in [-0.39, 0.29) is 22.7 Å². The van der Waals surface area contributed by atoms with Gasteiger partial charge in [-0.05, 0) is 46.8 Å². The van der Waals surface area contributed by atoms with Crippen molar-refractivity contribution in [1.29, 1.82) is 0 Å². The number of esters is 1. The molecule has 5 heteroatoms. The van der Waals surface area contributed by atoms with Gasteiger partial charge in [-0.1, -0.05) is 34.6 Å². The summed E-state index contributed by atoms with van der Waals surface area (Å²) in [6, 6.07) is 0. The van der Waals surface area contributed by atoms with E-state index < -0.39 is 28.9 Å². The van der Waals surface area contributed by atoms with E-state index in [9.17, 15) is 18.0 Å². The Morgan fingerprint density at radius 1 is 1.14 bits per heavy atom. The number of alkyl halides is 3. The highest BCUT2D eigenvalue weighted by Crippen LogP contribution is 2.94. The first-order valence-corrected chi connectivity index (χ1v) is 7.89. The molecule has 22 heavy (non-hydrogen) atoms. The van der Waals surface area contributed by atoms with Gasteiger partial charge >= 0.3 is 12.1 Å². The predicted octanol–water partition coefficient (Wildman–Crippen LogP) is 4.58. The highest BCUT2D eigenvalue weighted by molar-refractivity contribution is 5.80. The number of rotatable bonds is 1. The number of methoxy groups -OCH3 is 1. The maximum Gasteiger partial charge on any atom is 0.405 e. The quantitative estimate of drug-likeness (QED) is 0.662. The van der Waals surface area contributed by atoms with Crippen LogP contribution in [-0.2, 0) is 9.53 Å². The van der Waals surface area contributed by atoms with Gasteiger partial charge in [0.2, 0.25) is 0 Å². The first-order chi connectivity index (χ1) is 9.73. The molecule has 0 aromatic heterocycles. The van der Waals surface area contributed by atoms with E-state index in [0.717, 1.165) is 13.5 Å². The van der Waals surface area contributed by atoms with Crippen molar-refractivity contribution in [1.82, 2.24) is 0 Å². The fraction of sp³-hybridized carbons (Fsp3) is 0.941. The Bertz CT molecular complexity index is 545. The van der Waals surface area contributed by atoms with E-state index in [1.54, 1.807) is 0 Å². The van der Waals surface area contributed by atoms with E-state index in [4.69, 9.17) is 0 Å². The SMILES string of the molecule is COC(=O)C1(C(F)(F)F)CC23CC1C(C(C)(C)C)(C2)C3(C)C. The Morgan fingerprint density at radius 3 is 2.00 bits per heavy atom. The summed E-state index contributed by atoms with van der Waals surface area (Å²) < 4.78 is 46.7. The van der Waals surface area contributed by atoms with Crippen LogP contribution in [0.3, 0.4) is 0 Å². The average molecular weight is 318 g/mol. The molecule has 3 bridgehead atoms. The third-order valence-corrected chi connectivity index (χ3v) is 7.85. The molecule has 1 spiro atoms. The van der Waals surface area contributed by atoms with Crippen molar-refractivity contribution < 1.29 is 22.7 Å². The molecule has 4 fully saturated rings. The van der Waals surface area contributed by atoms with Crippen LogP contribution in [0.2, 0.25) is 0 Å². The van der Waals surface area contributed by atoms with Crippen LogP contribution in [0.25, 0.3) is 0 Å². The van der Waals surface area contributed by atoms with Gasteiger partial charge < -0.3 is 4.74 Å². The van der Waals surface area contributed by atoms with Crippen LogP contribution in [0.15, 0.2) is 0 Å². The smallest absolute Gasteiger partial charge is 0.405 e. The third-order valence-electron chi connectivity index (χ3n) is 7.85. The Kier molecular flexibility index (Phi) is 2.69. The van der Waals surface area contributed by atoms with Crippen LogP contribution in [0, 0.1) is 33.0 Å². The number of carbonyl (C=O) groups is 1. The lowest BCUT2D eigenvalue weighted by Crippen LogP contribution is -2.72. The van der Waals surface area contributed by atoms with E-state index in [0.29, 0.717) is 6.42 Å². The average Bonchev–Trinajstić information content (AvgIpc) is 2.95. The van der Waals surface area contributed by atoms with Crippen LogP contribution in [0.4, 0.5) is 13.2 Å². The van der Waals surface area contributed by atoms with Gasteiger partial charge in [0.05, 0.1) is 7.11 Å². The van der Waals surface area contributed by atoms with Crippen molar-refractivity contribution in [2.24, 2.45) is 33.0 Å². The molecule has 126 valence electrons. The van der Waals surface area contributed by atoms with Crippen molar-refractivity contribution in [3.8, 4) is 0 Å². The second-order valence-electron chi connectivity index (χ2n) is 9.20. The molecule has 0 radical (unpaired) electrons. The maximum atomic E-state index is 14.0. The van der Waals surface area contributed by atoms with Gasteiger partial charge in [-0.3, -0.25) is 4.79 Å². The van der Waals surface area contributed by atoms with Crippen LogP contribution < -0.4 is 0 Å². The summed E-state index contributed by atoms with van der Waals surface area (Å²) >= 11 is 0. The largest absolute Gasteiger partial charge is 0.468 e. The lowest BCUT2D eigenvalue weighted by molar-refractivity contribution is -0.325. The van der Waals surface area contributed by atoms with Crippen molar-refractivity contribution in [3.05, 3.63) is 0 Å². The zero-order chi connectivity index (χ0) is 17.0. The molecule has 0 N–H and O–H groups in total. The molecule has 0 aromatic rings. The third kappa shape index (κ3) is 1.23. The topological polar surface area (TPSA) is 26.3 Å². The van der Waals surface area contributed by atoms with Crippen LogP contribution in [0.5, 0.6) is 0 Å². The molecule has 4 aliphatic carbocycles. The lowest BCUT2D eigenvalue weighted by atomic mass is 9.30. The standard InChI is InChI=1S/C17H25F3O2/c1-12(2,3)16-9-14(13(16,4)5)7-10(16)15(8-14,11(21)22-6)17(18,19)20/h10H,7-9H2,1-6H3. The predicted molar refractivity (Wildman–Crippen MR) is 75.9 cm³/mol. The van der Waals surface area contributed by atoms with E-state index in [2.05, 4.69) is 18.6 Å². The molecule has 4 saturated carbocycles. The van der Waals surface area contributed by atoms with Crippen molar-refractivity contribution in [2.45, 2.75) is 60.1 Å². The van der Waals surface area contributed by atoms with Gasteiger partial charge in [0.1, 0.15) is 0 Å². The van der Waals surface area contributed by atoms with Crippen LogP contribution in [-0.4, -0.2) is 19.3 Å². The second kappa shape index (κ2) is 3.67. The Labute approximate surface area is 129 Å². The minimum Gasteiger partial charge on any atom is -0.468 e. The van der Waals surface area contributed by atoms with Gasteiger partial charge in [0.15, 0.2) is 5.41 Å². The van der Waals surface area contributed by atoms with Gasteiger partial charge in [-0.2, -0.15) is 13.2 Å². The molecule has 2 nitrogen and oxygen atoms in total. The molecule has 0 aliphatic heterocycles. The maximum absolute atomic E-state index is 14.0. The van der Waals surface area contributed by atoms with E-state index in [1.807, 2.05) is 20.8 Å². The highest BCUT2D eigenvalue weighted by atomic mass is 19.4. The van der Waals surface area contributed by atoms with Gasteiger partial charge in [0, 0.05) is 0 Å². The first kappa shape index (κ1) is 16.1. The minimum absolute atomic E-state index is 0.105. The van der Waals surface area contributed by atoms with Gasteiger partial charge in [0.25, 0.3) is 0 Å². The van der Waals surface area contributed by atoms with Crippen LogP contribution in [0.1, 0.15) is 53.9 Å². The fourth-order valence-electron chi connectivity index (χ4n) is 6.94. The van der Waals surface area contributed by atoms with Crippen molar-refractivity contribution in [2.75, 3.05) is 7.11 Å². The molecule has 4 rings (SSSR count). The summed E-state index contributed by atoms with van der Waals surface area (Å²) in [6.45, 7) is 10.2. The second-order valence-corrected chi connectivity index (χ2v) is 9.20. The summed E-state index contributed by atoms with van der Waals surface area (Å²) in [4.78, 5) is 12.3. The van der Waals surface area contributed by atoms with E-state index in [1.165, 1.54) is 0 Å². The van der Waals surface area contributed by atoms with E-state index >= 15 is 0 Å². The Hall–Kier alpha value is -0.740. The molecule has 0 aromatic carbocycles. The monoisotopic (exact) mass is 318 g/mol. The highest BCUT2D eigenvalue weighted by Gasteiger charge is 2.92. The Morgan fingerprint density at radius 2 is 1.68 bits per heavy atom. The summed E-state index contributed by atoms with van der Waals surface area (Å²) in [6.07, 6.45) is -3.37. The first-order valence-electron chi connectivity index (χ1n) is 7.89. The van der Waals surface area contributed by atoms with Gasteiger partial charge in [-0.25, -0.2) is 0 Å². The molecule has 4 aliphatic rings. The lowest BCUT2D eigenvalue weighted by Gasteiger charge is -2.74. The van der Waals surface area contributed by atoms with Crippen molar-refractivity contribution >= 4 is 5.97 Å². The van der Waals surface area contributed by atoms with Crippen molar-refractivity contribution in [3.63, 3.8) is 0 Å². The summed E-state index contributed by atoms with van der Waals surface area (Å²) in [5.41, 5.74) is -3.63. The molecule has 0 saturated heterocycles. The summed E-state index contributed by atoms with van der Waals surface area (Å²) in [5.74, 6) is -1.77. The normalized spacial score (nSPS) is 45.6. The minimum atomic E-state index is -4.56. The number of hydrogen-bond acceptors (Lipinski definition) is 2. The Balaban J connectivity index is 2.21. The molecule has 0 heterocycles. The molecule has 0 amide bonds. The fourth-order valence-corrected chi connectivity index (χ4v) is 6.94. The molecule has 4 atom stereocenters. The van der Waals surface area contributed by atoms with Gasteiger partial charge in [-0.15, -0.1) is 0 Å². The number of carbonyl (C=O) groups excluding carboxylic acids is 1. The molecular formula is C17H25F3O2. The zero-order valence-corrected chi connectivity index (χ0v) is 14.1. The summed E-state index contributed by atoms with van der Waals surface area (Å²) in [7, 11) is 1.07.